The minimum absolute atomic E-state index is 0.240. The minimum atomic E-state index is -4.33. The molecule has 2 aromatic rings. The number of benzene rings is 2. The number of unbranched alkanes of at least 4 members (excludes halogenated alkanes) is 5. The molecule has 1 atom stereocenters. The van der Waals surface area contributed by atoms with E-state index in [-0.39, 0.29) is 11.5 Å². The SMILES string of the molecule is CCCCCCCCC(c1ccc(-c2cccc(C(F)(F)F)c2)cc1)C(C)(C)OC. The lowest BCUT2D eigenvalue weighted by Gasteiger charge is -2.34. The highest BCUT2D eigenvalue weighted by molar-refractivity contribution is 5.64. The van der Waals surface area contributed by atoms with Gasteiger partial charge in [0.2, 0.25) is 0 Å². The number of hydrogen-bond donors (Lipinski definition) is 0. The molecule has 0 spiro atoms. The number of hydrogen-bond acceptors (Lipinski definition) is 1. The van der Waals surface area contributed by atoms with E-state index >= 15 is 0 Å². The van der Waals surface area contributed by atoms with Gasteiger partial charge in [-0.2, -0.15) is 13.2 Å². The fraction of sp³-hybridized carbons (Fsp3) is 0.538. The van der Waals surface area contributed by atoms with Crippen LogP contribution < -0.4 is 0 Å². The third-order valence-corrected chi connectivity index (χ3v) is 6.05. The molecule has 4 heteroatoms. The fourth-order valence-electron chi connectivity index (χ4n) is 3.97. The van der Waals surface area contributed by atoms with E-state index in [2.05, 4.69) is 20.8 Å². The standard InChI is InChI=1S/C26H35F3O/c1-5-6-7-8-9-10-14-24(25(2,3)30-4)21-17-15-20(16-18-21)22-12-11-13-23(19-22)26(27,28)29/h11-13,15-19,24H,5-10,14H2,1-4H3. The molecule has 30 heavy (non-hydrogen) atoms. The summed E-state index contributed by atoms with van der Waals surface area (Å²) < 4.78 is 44.9. The highest BCUT2D eigenvalue weighted by Gasteiger charge is 2.31. The van der Waals surface area contributed by atoms with Crippen molar-refractivity contribution in [1.29, 1.82) is 0 Å². The van der Waals surface area contributed by atoms with Crippen LogP contribution in [-0.2, 0) is 10.9 Å². The number of ether oxygens (including phenoxy) is 1. The predicted molar refractivity (Wildman–Crippen MR) is 119 cm³/mol. The lowest BCUT2D eigenvalue weighted by Crippen LogP contribution is -2.31. The molecule has 1 nitrogen and oxygen atoms in total. The molecule has 0 aliphatic rings. The molecule has 0 aliphatic carbocycles. The summed E-state index contributed by atoms with van der Waals surface area (Å²) in [6.07, 6.45) is 4.18. The van der Waals surface area contributed by atoms with Crippen LogP contribution >= 0.6 is 0 Å². The van der Waals surface area contributed by atoms with E-state index in [0.717, 1.165) is 24.5 Å². The molecule has 0 amide bonds. The zero-order valence-electron chi connectivity index (χ0n) is 18.7. The van der Waals surface area contributed by atoms with Gasteiger partial charge in [0.1, 0.15) is 0 Å². The Kier molecular flexibility index (Phi) is 8.96. The Labute approximate surface area is 179 Å². The van der Waals surface area contributed by atoms with Crippen molar-refractivity contribution in [1.82, 2.24) is 0 Å². The van der Waals surface area contributed by atoms with Gasteiger partial charge in [0.25, 0.3) is 0 Å². The van der Waals surface area contributed by atoms with Crippen LogP contribution in [0.2, 0.25) is 0 Å². The lowest BCUT2D eigenvalue weighted by atomic mass is 9.80. The Bertz CT molecular complexity index is 763. The molecule has 0 saturated heterocycles. The van der Waals surface area contributed by atoms with Crippen LogP contribution in [0.15, 0.2) is 48.5 Å². The van der Waals surface area contributed by atoms with Crippen LogP contribution in [0.1, 0.15) is 82.8 Å². The first-order valence-electron chi connectivity index (χ1n) is 11.0. The molecular formula is C26H35F3O. The van der Waals surface area contributed by atoms with Crippen molar-refractivity contribution < 1.29 is 17.9 Å². The van der Waals surface area contributed by atoms with Crippen LogP contribution in [0.25, 0.3) is 11.1 Å². The molecule has 2 aromatic carbocycles. The summed E-state index contributed by atoms with van der Waals surface area (Å²) in [5.74, 6) is 0.240. The van der Waals surface area contributed by atoms with Crippen molar-refractivity contribution >= 4 is 0 Å². The van der Waals surface area contributed by atoms with Crippen molar-refractivity contribution in [2.24, 2.45) is 0 Å². The summed E-state index contributed by atoms with van der Waals surface area (Å²) in [4.78, 5) is 0. The molecule has 0 aliphatic heterocycles. The molecule has 0 aromatic heterocycles. The van der Waals surface area contributed by atoms with E-state index in [4.69, 9.17) is 4.74 Å². The molecule has 0 radical (unpaired) electrons. The maximum absolute atomic E-state index is 13.0. The average molecular weight is 421 g/mol. The summed E-state index contributed by atoms with van der Waals surface area (Å²) in [6, 6.07) is 13.4. The molecule has 0 N–H and O–H groups in total. The maximum Gasteiger partial charge on any atom is 0.416 e. The van der Waals surface area contributed by atoms with Gasteiger partial charge in [-0.3, -0.25) is 0 Å². The van der Waals surface area contributed by atoms with Crippen LogP contribution in [0, 0.1) is 0 Å². The van der Waals surface area contributed by atoms with Gasteiger partial charge in [0.15, 0.2) is 0 Å². The second-order valence-corrected chi connectivity index (χ2v) is 8.62. The van der Waals surface area contributed by atoms with Gasteiger partial charge in [-0.05, 0) is 49.1 Å². The highest BCUT2D eigenvalue weighted by atomic mass is 19.4. The molecular weight excluding hydrogens is 385 g/mol. The van der Waals surface area contributed by atoms with Crippen molar-refractivity contribution in [3.8, 4) is 11.1 Å². The van der Waals surface area contributed by atoms with E-state index < -0.39 is 11.7 Å². The van der Waals surface area contributed by atoms with Gasteiger partial charge in [0, 0.05) is 13.0 Å². The summed E-state index contributed by atoms with van der Waals surface area (Å²) in [7, 11) is 1.74. The number of halogens is 3. The van der Waals surface area contributed by atoms with Crippen molar-refractivity contribution in [3.63, 3.8) is 0 Å². The Morgan fingerprint density at radius 1 is 0.833 bits per heavy atom. The molecule has 0 bridgehead atoms. The van der Waals surface area contributed by atoms with E-state index in [0.29, 0.717) is 5.56 Å². The first-order valence-corrected chi connectivity index (χ1v) is 11.0. The first-order chi connectivity index (χ1) is 14.2. The number of methoxy groups -OCH3 is 1. The minimum Gasteiger partial charge on any atom is -0.378 e. The van der Waals surface area contributed by atoms with Gasteiger partial charge < -0.3 is 4.74 Å². The number of rotatable bonds is 11. The van der Waals surface area contributed by atoms with Crippen LogP contribution in [0.4, 0.5) is 13.2 Å². The van der Waals surface area contributed by atoms with Crippen LogP contribution in [0.5, 0.6) is 0 Å². The molecule has 166 valence electrons. The van der Waals surface area contributed by atoms with Crippen molar-refractivity contribution in [2.45, 2.75) is 83.4 Å². The Morgan fingerprint density at radius 2 is 1.47 bits per heavy atom. The van der Waals surface area contributed by atoms with Crippen molar-refractivity contribution in [3.05, 3.63) is 59.7 Å². The topological polar surface area (TPSA) is 9.23 Å². The molecule has 0 heterocycles. The summed E-state index contributed by atoms with van der Waals surface area (Å²) in [5.41, 5.74) is 1.62. The zero-order valence-corrected chi connectivity index (χ0v) is 18.7. The van der Waals surface area contributed by atoms with E-state index in [1.807, 2.05) is 24.3 Å². The van der Waals surface area contributed by atoms with Crippen molar-refractivity contribution in [2.75, 3.05) is 7.11 Å². The highest BCUT2D eigenvalue weighted by Crippen LogP contribution is 2.37. The third kappa shape index (κ3) is 6.87. The van der Waals surface area contributed by atoms with Crippen LogP contribution in [0.3, 0.4) is 0 Å². The van der Waals surface area contributed by atoms with E-state index in [9.17, 15) is 13.2 Å². The first kappa shape index (κ1) is 24.5. The number of alkyl halides is 3. The molecule has 1 unspecified atom stereocenters. The molecule has 0 fully saturated rings. The third-order valence-electron chi connectivity index (χ3n) is 6.05. The van der Waals surface area contributed by atoms with Crippen LogP contribution in [-0.4, -0.2) is 12.7 Å². The maximum atomic E-state index is 13.0. The Hall–Kier alpha value is -1.81. The average Bonchev–Trinajstić information content (AvgIpc) is 2.73. The smallest absolute Gasteiger partial charge is 0.378 e. The quantitative estimate of drug-likeness (QED) is 0.331. The molecule has 0 saturated carbocycles. The lowest BCUT2D eigenvalue weighted by molar-refractivity contribution is -0.137. The summed E-state index contributed by atoms with van der Waals surface area (Å²) in [6.45, 7) is 6.44. The normalized spacial score (nSPS) is 13.4. The van der Waals surface area contributed by atoms with Gasteiger partial charge >= 0.3 is 6.18 Å². The largest absolute Gasteiger partial charge is 0.416 e. The van der Waals surface area contributed by atoms with Gasteiger partial charge in [-0.1, -0.05) is 81.8 Å². The Balaban J connectivity index is 2.15. The van der Waals surface area contributed by atoms with E-state index in [1.54, 1.807) is 13.2 Å². The molecule has 2 rings (SSSR count). The van der Waals surface area contributed by atoms with Gasteiger partial charge in [-0.25, -0.2) is 0 Å². The Morgan fingerprint density at radius 3 is 2.07 bits per heavy atom. The van der Waals surface area contributed by atoms with E-state index in [1.165, 1.54) is 49.8 Å². The summed E-state index contributed by atoms with van der Waals surface area (Å²) in [5, 5.41) is 0. The zero-order chi connectivity index (χ0) is 22.2. The monoisotopic (exact) mass is 420 g/mol. The van der Waals surface area contributed by atoms with Gasteiger partial charge in [-0.15, -0.1) is 0 Å². The fourth-order valence-corrected chi connectivity index (χ4v) is 3.97. The second-order valence-electron chi connectivity index (χ2n) is 8.62. The second kappa shape index (κ2) is 11.0. The van der Waals surface area contributed by atoms with Gasteiger partial charge in [0.05, 0.1) is 11.2 Å². The predicted octanol–water partition coefficient (Wildman–Crippen LogP) is 8.63. The summed E-state index contributed by atoms with van der Waals surface area (Å²) >= 11 is 0.